The van der Waals surface area contributed by atoms with Crippen molar-refractivity contribution in [2.24, 2.45) is 0 Å². The Morgan fingerprint density at radius 2 is 2.14 bits per heavy atom. The van der Waals surface area contributed by atoms with E-state index in [2.05, 4.69) is 0 Å². The first-order valence-corrected chi connectivity index (χ1v) is 4.27. The molecule has 0 saturated carbocycles. The molecular weight excluding hydrogens is 208 g/mol. The minimum atomic E-state index is -0.508. The van der Waals surface area contributed by atoms with Gasteiger partial charge in [-0.2, -0.15) is 0 Å². The van der Waals surface area contributed by atoms with Crippen LogP contribution in [-0.4, -0.2) is 30.6 Å². The van der Waals surface area contributed by atoms with Gasteiger partial charge in [0.1, 0.15) is 0 Å². The van der Waals surface area contributed by atoms with Gasteiger partial charge in [-0.15, -0.1) is 0 Å². The maximum absolute atomic E-state index is 8.62. The number of hydrogen-bond donors (Lipinski definition) is 2. The van der Waals surface area contributed by atoms with Crippen molar-refractivity contribution in [3.05, 3.63) is 10.1 Å². The molecule has 0 saturated heterocycles. The molecule has 0 amide bonds. The van der Waals surface area contributed by atoms with Crippen molar-refractivity contribution < 1.29 is 10.2 Å². The van der Waals surface area contributed by atoms with Crippen LogP contribution in [0.4, 0.5) is 0 Å². The Kier molecular flexibility index (Phi) is 1.27. The van der Waals surface area contributed by atoms with E-state index in [1.807, 2.05) is 4.08 Å². The summed E-state index contributed by atoms with van der Waals surface area (Å²) in [4.78, 5) is 0. The van der Waals surface area contributed by atoms with Crippen LogP contribution >= 0.6 is 0 Å². The van der Waals surface area contributed by atoms with Crippen LogP contribution in [-0.2, 0) is 0 Å². The third-order valence-electron chi connectivity index (χ3n) is 0.625. The van der Waals surface area contributed by atoms with Gasteiger partial charge in [-0.3, -0.25) is 0 Å². The molecule has 0 aliphatic rings. The molecule has 0 aliphatic carbocycles. The zero-order valence-corrected chi connectivity index (χ0v) is 5.79. The van der Waals surface area contributed by atoms with Gasteiger partial charge in [0.2, 0.25) is 0 Å². The summed E-state index contributed by atoms with van der Waals surface area (Å²) in [5.41, 5.74) is 0. The summed E-state index contributed by atoms with van der Waals surface area (Å²) in [6.45, 7) is 0. The molecule has 7 heavy (non-hydrogen) atoms. The molecule has 1 aromatic rings. The van der Waals surface area contributed by atoms with Crippen LogP contribution in [0.2, 0.25) is 0 Å². The summed E-state index contributed by atoms with van der Waals surface area (Å²) in [5.74, 6) is 0.0578. The van der Waals surface area contributed by atoms with Gasteiger partial charge in [0, 0.05) is 0 Å². The summed E-state index contributed by atoms with van der Waals surface area (Å²) in [6, 6.07) is 1.54. The van der Waals surface area contributed by atoms with E-state index >= 15 is 0 Å². The van der Waals surface area contributed by atoms with E-state index in [4.69, 9.17) is 10.2 Å². The summed E-state index contributed by atoms with van der Waals surface area (Å²) in [5, 5.41) is 17.2. The third-order valence-corrected chi connectivity index (χ3v) is 2.64. The van der Waals surface area contributed by atoms with E-state index in [1.165, 1.54) is 6.07 Å². The van der Waals surface area contributed by atoms with E-state index in [-0.39, 0.29) is 9.51 Å². The van der Waals surface area contributed by atoms with Crippen LogP contribution in [0.3, 0.4) is 0 Å². The van der Waals surface area contributed by atoms with Crippen molar-refractivity contribution in [1.82, 2.24) is 0 Å². The molecule has 2 nitrogen and oxygen atoms in total. The van der Waals surface area contributed by atoms with Gasteiger partial charge < -0.3 is 0 Å². The minimum absolute atomic E-state index is 0.0578. The standard InChI is InChI=1S/C4H4O2Te/c5-3-1-2-7-4(3)6/h1-2,5-6H. The van der Waals surface area contributed by atoms with Gasteiger partial charge in [-0.1, -0.05) is 0 Å². The molecule has 0 atom stereocenters. The van der Waals surface area contributed by atoms with Gasteiger partial charge in [0.15, 0.2) is 0 Å². The van der Waals surface area contributed by atoms with Gasteiger partial charge in [-0.25, -0.2) is 0 Å². The van der Waals surface area contributed by atoms with Crippen molar-refractivity contribution in [1.29, 1.82) is 0 Å². The van der Waals surface area contributed by atoms with E-state index in [0.717, 1.165) is 0 Å². The molecule has 1 aromatic heterocycles. The van der Waals surface area contributed by atoms with Gasteiger partial charge in [-0.05, 0) is 0 Å². The predicted molar refractivity (Wildman–Crippen MR) is 26.7 cm³/mol. The number of hydrogen-bond acceptors (Lipinski definition) is 2. The van der Waals surface area contributed by atoms with Gasteiger partial charge in [0.05, 0.1) is 0 Å². The fourth-order valence-corrected chi connectivity index (χ4v) is 1.76. The molecule has 0 aliphatic heterocycles. The van der Waals surface area contributed by atoms with Crippen LogP contribution in [0, 0.1) is 0 Å². The number of rotatable bonds is 0. The quantitative estimate of drug-likeness (QED) is 0.600. The summed E-state index contributed by atoms with van der Waals surface area (Å²) in [7, 11) is 0. The Morgan fingerprint density at radius 1 is 1.43 bits per heavy atom. The SMILES string of the molecule is Oc1cc[te]c1O. The molecule has 0 unspecified atom stereocenters. The van der Waals surface area contributed by atoms with Crippen molar-refractivity contribution >= 4 is 20.4 Å². The average Bonchev–Trinajstić information content (AvgIpc) is 1.91. The van der Waals surface area contributed by atoms with Gasteiger partial charge >= 0.3 is 50.3 Å². The van der Waals surface area contributed by atoms with E-state index in [9.17, 15) is 0 Å². The Morgan fingerprint density at radius 3 is 2.29 bits per heavy atom. The number of aromatic hydroxyl groups is 2. The average molecular weight is 212 g/mol. The Bertz CT molecular complexity index is 142. The van der Waals surface area contributed by atoms with E-state index in [0.29, 0.717) is 0 Å². The summed E-state index contributed by atoms with van der Waals surface area (Å²) >= 11 is -0.508. The monoisotopic (exact) mass is 214 g/mol. The molecular formula is C4H4O2Te. The Hall–Kier alpha value is -0.130. The Labute approximate surface area is 50.6 Å². The predicted octanol–water partition coefficient (Wildman–Crippen LogP) is 0.155. The fourth-order valence-electron chi connectivity index (χ4n) is 0.295. The van der Waals surface area contributed by atoms with Crippen LogP contribution in [0.25, 0.3) is 0 Å². The molecule has 2 N–H and O–H groups in total. The van der Waals surface area contributed by atoms with Gasteiger partial charge in [0.25, 0.3) is 0 Å². The molecule has 0 radical (unpaired) electrons. The maximum atomic E-state index is 8.62. The second-order valence-electron chi connectivity index (χ2n) is 1.11. The first kappa shape index (κ1) is 5.02. The first-order valence-electron chi connectivity index (χ1n) is 1.76. The molecule has 0 spiro atoms. The van der Waals surface area contributed by atoms with Crippen molar-refractivity contribution in [2.45, 2.75) is 0 Å². The van der Waals surface area contributed by atoms with Crippen LogP contribution in [0.15, 0.2) is 10.1 Å². The topological polar surface area (TPSA) is 40.5 Å². The first-order chi connectivity index (χ1) is 3.30. The van der Waals surface area contributed by atoms with Crippen LogP contribution < -0.4 is 0 Å². The molecule has 1 heterocycles. The van der Waals surface area contributed by atoms with Crippen LogP contribution in [0.1, 0.15) is 0 Å². The van der Waals surface area contributed by atoms with E-state index < -0.39 is 20.4 Å². The second-order valence-corrected chi connectivity index (χ2v) is 3.66. The fraction of sp³-hybridized carbons (Fsp3) is 0. The zero-order chi connectivity index (χ0) is 5.28. The normalized spacial score (nSPS) is 9.14. The molecule has 0 fully saturated rings. The molecule has 0 aromatic carbocycles. The third kappa shape index (κ3) is 0.902. The van der Waals surface area contributed by atoms with Crippen molar-refractivity contribution in [3.63, 3.8) is 0 Å². The van der Waals surface area contributed by atoms with Crippen LogP contribution in [0.5, 0.6) is 9.51 Å². The summed E-state index contributed by atoms with van der Waals surface area (Å²) < 4.78 is 2.03. The molecule has 38 valence electrons. The molecule has 3 heteroatoms. The van der Waals surface area contributed by atoms with Crippen molar-refractivity contribution in [2.75, 3.05) is 0 Å². The van der Waals surface area contributed by atoms with Crippen molar-refractivity contribution in [3.8, 4) is 9.51 Å². The second kappa shape index (κ2) is 1.77. The Balaban J connectivity index is 3.12. The molecule has 0 bridgehead atoms. The van der Waals surface area contributed by atoms with E-state index in [1.54, 1.807) is 0 Å². The zero-order valence-electron chi connectivity index (χ0n) is 3.46. The summed E-state index contributed by atoms with van der Waals surface area (Å²) in [6.07, 6.45) is 0. The molecule has 1 rings (SSSR count).